The number of methoxy groups -OCH3 is 1. The van der Waals surface area contributed by atoms with Crippen molar-refractivity contribution in [1.82, 2.24) is 5.32 Å². The van der Waals surface area contributed by atoms with Crippen LogP contribution >= 0.6 is 0 Å². The number of nitrogens with zero attached hydrogens (tertiary/aromatic N) is 1. The lowest BCUT2D eigenvalue weighted by Gasteiger charge is -2.21. The van der Waals surface area contributed by atoms with E-state index in [2.05, 4.69) is 10.1 Å². The molecule has 0 aliphatic rings. The highest BCUT2D eigenvalue weighted by atomic mass is 16.6. The lowest BCUT2D eigenvalue weighted by atomic mass is 10.0. The van der Waals surface area contributed by atoms with Gasteiger partial charge in [0.05, 0.1) is 23.6 Å². The molecule has 0 spiro atoms. The van der Waals surface area contributed by atoms with Crippen molar-refractivity contribution < 1.29 is 24.0 Å². The largest absolute Gasteiger partial charge is 0.474 e. The molecular weight excluding hydrogens is 376 g/mol. The van der Waals surface area contributed by atoms with Crippen molar-refractivity contribution in [3.05, 3.63) is 69.8 Å². The number of ether oxygens (including phenoxy) is 2. The Bertz CT molecular complexity index is 869. The topological polar surface area (TPSA) is 108 Å². The monoisotopic (exact) mass is 400 g/mol. The summed E-state index contributed by atoms with van der Waals surface area (Å²) in [6.07, 6.45) is 0.646. The predicted molar refractivity (Wildman–Crippen MR) is 107 cm³/mol. The van der Waals surface area contributed by atoms with Gasteiger partial charge in [-0.15, -0.1) is 0 Å². The zero-order chi connectivity index (χ0) is 21.4. The van der Waals surface area contributed by atoms with E-state index in [1.807, 2.05) is 37.3 Å². The molecule has 29 heavy (non-hydrogen) atoms. The van der Waals surface area contributed by atoms with Gasteiger partial charge in [-0.2, -0.15) is 0 Å². The summed E-state index contributed by atoms with van der Waals surface area (Å²) in [6, 6.07) is 13.1. The Kier molecular flexibility index (Phi) is 7.70. The zero-order valence-corrected chi connectivity index (χ0v) is 16.6. The SMILES string of the molecule is CCC[C@H](NC(=O)[C@H](C)Oc1ccc(C(=O)OC)cc1[N+](=O)[O-])c1ccccc1. The fourth-order valence-electron chi connectivity index (χ4n) is 2.83. The van der Waals surface area contributed by atoms with Crippen molar-refractivity contribution in [2.75, 3.05) is 7.11 Å². The number of nitro groups is 1. The van der Waals surface area contributed by atoms with E-state index in [1.54, 1.807) is 0 Å². The average molecular weight is 400 g/mol. The Hall–Kier alpha value is -3.42. The Morgan fingerprint density at radius 2 is 1.86 bits per heavy atom. The molecule has 1 amide bonds. The van der Waals surface area contributed by atoms with Gasteiger partial charge in [0.1, 0.15) is 0 Å². The molecule has 0 saturated carbocycles. The first-order valence-electron chi connectivity index (χ1n) is 9.26. The molecule has 0 heterocycles. The number of esters is 1. The summed E-state index contributed by atoms with van der Waals surface area (Å²) in [6.45, 7) is 3.54. The van der Waals surface area contributed by atoms with E-state index in [0.717, 1.165) is 24.5 Å². The summed E-state index contributed by atoms with van der Waals surface area (Å²) < 4.78 is 10.1. The summed E-state index contributed by atoms with van der Waals surface area (Å²) in [5, 5.41) is 14.3. The maximum absolute atomic E-state index is 12.6. The van der Waals surface area contributed by atoms with Crippen molar-refractivity contribution in [2.45, 2.75) is 38.8 Å². The van der Waals surface area contributed by atoms with Crippen molar-refractivity contribution in [1.29, 1.82) is 0 Å². The minimum atomic E-state index is -0.972. The van der Waals surface area contributed by atoms with Gasteiger partial charge in [0, 0.05) is 6.07 Å². The standard InChI is InChI=1S/C21H24N2O6/c1-4-8-17(15-9-6-5-7-10-15)22-20(24)14(2)29-19-12-11-16(21(25)28-3)13-18(19)23(26)27/h5-7,9-14,17H,4,8H2,1-3H3,(H,22,24)/t14-,17-/m0/s1. The molecule has 0 bridgehead atoms. The van der Waals surface area contributed by atoms with Gasteiger partial charge in [-0.1, -0.05) is 43.7 Å². The van der Waals surface area contributed by atoms with Crippen LogP contribution in [-0.2, 0) is 9.53 Å². The van der Waals surface area contributed by atoms with Gasteiger partial charge in [0.15, 0.2) is 11.9 Å². The van der Waals surface area contributed by atoms with Gasteiger partial charge < -0.3 is 14.8 Å². The third-order valence-corrected chi connectivity index (χ3v) is 4.35. The molecule has 1 N–H and O–H groups in total. The van der Waals surface area contributed by atoms with E-state index < -0.39 is 28.6 Å². The Morgan fingerprint density at radius 3 is 2.45 bits per heavy atom. The van der Waals surface area contributed by atoms with Crippen molar-refractivity contribution in [3.8, 4) is 5.75 Å². The number of nitrogens with one attached hydrogen (secondary N) is 1. The predicted octanol–water partition coefficient (Wildman–Crippen LogP) is 3.81. The van der Waals surface area contributed by atoms with Gasteiger partial charge in [0.2, 0.25) is 0 Å². The second kappa shape index (κ2) is 10.2. The summed E-state index contributed by atoms with van der Waals surface area (Å²) in [4.78, 5) is 34.9. The lowest BCUT2D eigenvalue weighted by molar-refractivity contribution is -0.386. The minimum Gasteiger partial charge on any atom is -0.474 e. The maximum atomic E-state index is 12.6. The molecule has 0 aliphatic heterocycles. The van der Waals surface area contributed by atoms with E-state index >= 15 is 0 Å². The molecule has 2 aromatic rings. The van der Waals surface area contributed by atoms with Crippen LogP contribution in [0.1, 0.15) is 48.7 Å². The molecule has 8 heteroatoms. The van der Waals surface area contributed by atoms with Crippen LogP contribution in [0.15, 0.2) is 48.5 Å². The Balaban J connectivity index is 2.16. The smallest absolute Gasteiger partial charge is 0.338 e. The van der Waals surface area contributed by atoms with E-state index in [-0.39, 0.29) is 17.4 Å². The van der Waals surface area contributed by atoms with E-state index in [4.69, 9.17) is 4.74 Å². The first-order valence-corrected chi connectivity index (χ1v) is 9.26. The third-order valence-electron chi connectivity index (χ3n) is 4.35. The van der Waals surface area contributed by atoms with Gasteiger partial charge in [0.25, 0.3) is 5.91 Å². The summed E-state index contributed by atoms with van der Waals surface area (Å²) in [7, 11) is 1.18. The van der Waals surface area contributed by atoms with Crippen molar-refractivity contribution in [2.24, 2.45) is 0 Å². The Morgan fingerprint density at radius 1 is 1.17 bits per heavy atom. The van der Waals surface area contributed by atoms with Gasteiger partial charge in [-0.25, -0.2) is 4.79 Å². The van der Waals surface area contributed by atoms with Crippen molar-refractivity contribution in [3.63, 3.8) is 0 Å². The fraction of sp³-hybridized carbons (Fsp3) is 0.333. The van der Waals surface area contributed by atoms with Gasteiger partial charge in [-0.05, 0) is 31.0 Å². The highest BCUT2D eigenvalue weighted by Crippen LogP contribution is 2.29. The molecule has 0 saturated heterocycles. The molecule has 0 radical (unpaired) electrons. The fourth-order valence-corrected chi connectivity index (χ4v) is 2.83. The first kappa shape index (κ1) is 21.9. The molecular formula is C21H24N2O6. The summed E-state index contributed by atoms with van der Waals surface area (Å²) in [5.74, 6) is -1.19. The van der Waals surface area contributed by atoms with Crippen molar-refractivity contribution >= 4 is 17.6 Å². The normalized spacial score (nSPS) is 12.5. The number of nitro benzene ring substituents is 1. The molecule has 0 aromatic heterocycles. The van der Waals surface area contributed by atoms with Crippen LogP contribution < -0.4 is 10.1 Å². The van der Waals surface area contributed by atoms with Crippen LogP contribution in [-0.4, -0.2) is 30.0 Å². The number of carbonyl (C=O) groups is 2. The zero-order valence-electron chi connectivity index (χ0n) is 16.6. The van der Waals surface area contributed by atoms with E-state index in [1.165, 1.54) is 26.2 Å². The third kappa shape index (κ3) is 5.78. The summed E-state index contributed by atoms with van der Waals surface area (Å²) in [5.41, 5.74) is 0.583. The lowest BCUT2D eigenvalue weighted by Crippen LogP contribution is -2.38. The Labute approximate surface area is 169 Å². The maximum Gasteiger partial charge on any atom is 0.338 e. The molecule has 0 aliphatic carbocycles. The quantitative estimate of drug-likeness (QED) is 0.390. The molecule has 2 aromatic carbocycles. The van der Waals surface area contributed by atoms with Gasteiger partial charge in [-0.3, -0.25) is 14.9 Å². The molecule has 2 atom stereocenters. The molecule has 0 unspecified atom stereocenters. The molecule has 8 nitrogen and oxygen atoms in total. The molecule has 154 valence electrons. The minimum absolute atomic E-state index is 0.0238. The number of hydrogen-bond donors (Lipinski definition) is 1. The molecule has 2 rings (SSSR count). The molecule has 0 fully saturated rings. The first-order chi connectivity index (χ1) is 13.9. The number of hydrogen-bond acceptors (Lipinski definition) is 6. The second-order valence-electron chi connectivity index (χ2n) is 6.45. The van der Waals surface area contributed by atoms with Crippen LogP contribution in [0.2, 0.25) is 0 Å². The van der Waals surface area contributed by atoms with E-state index in [9.17, 15) is 19.7 Å². The number of carbonyl (C=O) groups excluding carboxylic acids is 2. The van der Waals surface area contributed by atoms with Crippen LogP contribution in [0.3, 0.4) is 0 Å². The van der Waals surface area contributed by atoms with Crippen LogP contribution in [0, 0.1) is 10.1 Å². The second-order valence-corrected chi connectivity index (χ2v) is 6.45. The average Bonchev–Trinajstić information content (AvgIpc) is 2.73. The van der Waals surface area contributed by atoms with Crippen LogP contribution in [0.4, 0.5) is 5.69 Å². The number of benzene rings is 2. The van der Waals surface area contributed by atoms with Crippen LogP contribution in [0.5, 0.6) is 5.75 Å². The summed E-state index contributed by atoms with van der Waals surface area (Å²) >= 11 is 0. The number of amides is 1. The van der Waals surface area contributed by atoms with E-state index in [0.29, 0.717) is 0 Å². The highest BCUT2D eigenvalue weighted by molar-refractivity contribution is 5.90. The van der Waals surface area contributed by atoms with Gasteiger partial charge >= 0.3 is 11.7 Å². The number of rotatable bonds is 9. The highest BCUT2D eigenvalue weighted by Gasteiger charge is 2.25. The van der Waals surface area contributed by atoms with Crippen LogP contribution in [0.25, 0.3) is 0 Å².